The Morgan fingerprint density at radius 1 is 0.714 bits per heavy atom. The van der Waals surface area contributed by atoms with Crippen LogP contribution in [0.3, 0.4) is 0 Å². The van der Waals surface area contributed by atoms with Gasteiger partial charge in [0.25, 0.3) is 0 Å². The molecule has 1 saturated carbocycles. The molecule has 0 saturated heterocycles. The van der Waals surface area contributed by atoms with Gasteiger partial charge in [0, 0.05) is 0 Å². The summed E-state index contributed by atoms with van der Waals surface area (Å²) in [6, 6.07) is 0. The van der Waals surface area contributed by atoms with Crippen LogP contribution in [-0.4, -0.2) is 44.3 Å². The fourth-order valence-corrected chi connectivity index (χ4v) is 2.95. The van der Waals surface area contributed by atoms with Gasteiger partial charge >= 0.3 is 23.9 Å². The van der Waals surface area contributed by atoms with Crippen molar-refractivity contribution in [2.24, 2.45) is 23.7 Å². The molecule has 0 aromatic carbocycles. The summed E-state index contributed by atoms with van der Waals surface area (Å²) in [7, 11) is 0. The molecule has 1 aliphatic carbocycles. The molecule has 118 valence electrons. The molecule has 2 unspecified atom stereocenters. The molecule has 0 heterocycles. The Kier molecular flexibility index (Phi) is 5.69. The van der Waals surface area contributed by atoms with Crippen LogP contribution in [0.4, 0.5) is 0 Å². The van der Waals surface area contributed by atoms with Crippen molar-refractivity contribution in [3.05, 3.63) is 0 Å². The maximum Gasteiger partial charge on any atom is 0.317 e. The minimum absolute atomic E-state index is 0.0959. The molecule has 0 spiro atoms. The summed E-state index contributed by atoms with van der Waals surface area (Å²) in [5.74, 6) is -9.34. The predicted molar refractivity (Wildman–Crippen MR) is 67.6 cm³/mol. The lowest BCUT2D eigenvalue weighted by Crippen LogP contribution is -2.30. The van der Waals surface area contributed by atoms with Gasteiger partial charge in [-0.15, -0.1) is 0 Å². The molecule has 4 N–H and O–H groups in total. The smallest absolute Gasteiger partial charge is 0.317 e. The molecule has 21 heavy (non-hydrogen) atoms. The summed E-state index contributed by atoms with van der Waals surface area (Å²) in [6.45, 7) is 0. The van der Waals surface area contributed by atoms with Gasteiger partial charge in [0.15, 0.2) is 11.8 Å². The Labute approximate surface area is 120 Å². The molecular formula is C13H18O8. The van der Waals surface area contributed by atoms with Crippen molar-refractivity contribution < 1.29 is 39.6 Å². The number of carbonyl (C=O) groups is 4. The van der Waals surface area contributed by atoms with E-state index in [1.807, 2.05) is 0 Å². The summed E-state index contributed by atoms with van der Waals surface area (Å²) in [5.41, 5.74) is 0. The second kappa shape index (κ2) is 7.05. The summed E-state index contributed by atoms with van der Waals surface area (Å²) < 4.78 is 0. The predicted octanol–water partition coefficient (Wildman–Crippen LogP) is 0.754. The Bertz CT molecular complexity index is 375. The van der Waals surface area contributed by atoms with Crippen LogP contribution >= 0.6 is 0 Å². The third-order valence-corrected chi connectivity index (χ3v) is 4.09. The Balaban J connectivity index is 2.75. The van der Waals surface area contributed by atoms with Gasteiger partial charge in [-0.2, -0.15) is 0 Å². The highest BCUT2D eigenvalue weighted by Gasteiger charge is 2.38. The fraction of sp³-hybridized carbons (Fsp3) is 0.692. The van der Waals surface area contributed by atoms with Crippen LogP contribution in [0, 0.1) is 23.7 Å². The monoisotopic (exact) mass is 302 g/mol. The molecule has 8 heteroatoms. The first-order valence-electron chi connectivity index (χ1n) is 6.65. The second-order valence-corrected chi connectivity index (χ2v) is 5.38. The molecule has 0 aliphatic heterocycles. The van der Waals surface area contributed by atoms with Gasteiger partial charge in [-0.3, -0.25) is 19.2 Å². The van der Waals surface area contributed by atoms with Gasteiger partial charge < -0.3 is 20.4 Å². The molecule has 0 amide bonds. The highest BCUT2D eigenvalue weighted by atomic mass is 16.4. The number of carboxylic acids is 4. The highest BCUT2D eigenvalue weighted by Crippen LogP contribution is 2.40. The zero-order chi connectivity index (χ0) is 16.2. The molecule has 0 aromatic rings. The number of carboxylic acid groups (broad SMARTS) is 4. The van der Waals surface area contributed by atoms with E-state index in [4.69, 9.17) is 20.4 Å². The van der Waals surface area contributed by atoms with Crippen LogP contribution in [0.25, 0.3) is 0 Å². The van der Waals surface area contributed by atoms with Crippen LogP contribution in [-0.2, 0) is 19.2 Å². The number of aliphatic carboxylic acids is 4. The van der Waals surface area contributed by atoms with Crippen molar-refractivity contribution in [3.8, 4) is 0 Å². The molecule has 0 bridgehead atoms. The molecule has 0 aromatic heterocycles. The summed E-state index contributed by atoms with van der Waals surface area (Å²) >= 11 is 0. The van der Waals surface area contributed by atoms with E-state index in [0.717, 1.165) is 0 Å². The minimum atomic E-state index is -1.54. The average molecular weight is 302 g/mol. The van der Waals surface area contributed by atoms with E-state index in [1.165, 1.54) is 0 Å². The third kappa shape index (κ3) is 4.44. The number of hydrogen-bond donors (Lipinski definition) is 4. The molecule has 1 aliphatic rings. The standard InChI is InChI=1S/C13H18O8/c14-10(15)8(11(16)17)4-6-2-1-3-7(6)5-9(12(18)19)13(20)21/h6-9H,1-5H2,(H,14,15)(H,16,17)(H,18,19)(H,20,21). The first-order valence-corrected chi connectivity index (χ1v) is 6.65. The maximum absolute atomic E-state index is 10.9. The average Bonchev–Trinajstić information content (AvgIpc) is 2.78. The Hall–Kier alpha value is -2.12. The molecule has 8 nitrogen and oxygen atoms in total. The Morgan fingerprint density at radius 2 is 1.00 bits per heavy atom. The fourth-order valence-electron chi connectivity index (χ4n) is 2.95. The molecule has 1 rings (SSSR count). The van der Waals surface area contributed by atoms with Crippen LogP contribution in [0.2, 0.25) is 0 Å². The highest BCUT2D eigenvalue weighted by molar-refractivity contribution is 5.93. The van der Waals surface area contributed by atoms with E-state index in [1.54, 1.807) is 0 Å². The van der Waals surface area contributed by atoms with Crippen molar-refractivity contribution in [3.63, 3.8) is 0 Å². The van der Waals surface area contributed by atoms with Crippen LogP contribution in [0.1, 0.15) is 32.1 Å². The van der Waals surface area contributed by atoms with Crippen molar-refractivity contribution in [2.45, 2.75) is 32.1 Å². The van der Waals surface area contributed by atoms with Crippen LogP contribution < -0.4 is 0 Å². The third-order valence-electron chi connectivity index (χ3n) is 4.09. The zero-order valence-electron chi connectivity index (χ0n) is 11.3. The maximum atomic E-state index is 10.9. The molecule has 1 fully saturated rings. The summed E-state index contributed by atoms with van der Waals surface area (Å²) in [5, 5.41) is 35.5. The lowest BCUT2D eigenvalue weighted by Gasteiger charge is -2.22. The quantitative estimate of drug-likeness (QED) is 0.480. The second-order valence-electron chi connectivity index (χ2n) is 5.38. The van der Waals surface area contributed by atoms with Crippen LogP contribution in [0.15, 0.2) is 0 Å². The number of rotatable bonds is 8. The number of hydrogen-bond acceptors (Lipinski definition) is 4. The first-order chi connectivity index (χ1) is 9.73. The Morgan fingerprint density at radius 3 is 1.24 bits per heavy atom. The topological polar surface area (TPSA) is 149 Å². The molecule has 0 radical (unpaired) electrons. The van der Waals surface area contributed by atoms with E-state index >= 15 is 0 Å². The van der Waals surface area contributed by atoms with Gasteiger partial charge in [-0.25, -0.2) is 0 Å². The van der Waals surface area contributed by atoms with E-state index in [2.05, 4.69) is 0 Å². The van der Waals surface area contributed by atoms with Gasteiger partial charge in [-0.05, 0) is 24.7 Å². The zero-order valence-corrected chi connectivity index (χ0v) is 11.3. The van der Waals surface area contributed by atoms with Crippen molar-refractivity contribution in [1.29, 1.82) is 0 Å². The van der Waals surface area contributed by atoms with Gasteiger partial charge in [0.05, 0.1) is 0 Å². The molecular weight excluding hydrogens is 284 g/mol. The lowest BCUT2D eigenvalue weighted by molar-refractivity contribution is -0.158. The van der Waals surface area contributed by atoms with Gasteiger partial charge in [0.1, 0.15) is 0 Å². The SMILES string of the molecule is O=C(O)C(CC1CCCC1CC(C(=O)O)C(=O)O)C(=O)O. The van der Waals surface area contributed by atoms with E-state index in [9.17, 15) is 19.2 Å². The van der Waals surface area contributed by atoms with E-state index in [0.29, 0.717) is 19.3 Å². The largest absolute Gasteiger partial charge is 0.481 e. The molecule has 2 atom stereocenters. The normalized spacial score (nSPS) is 21.6. The van der Waals surface area contributed by atoms with Crippen molar-refractivity contribution in [2.75, 3.05) is 0 Å². The van der Waals surface area contributed by atoms with Crippen molar-refractivity contribution in [1.82, 2.24) is 0 Å². The minimum Gasteiger partial charge on any atom is -0.481 e. The summed E-state index contributed by atoms with van der Waals surface area (Å²) in [6.07, 6.45) is 1.71. The van der Waals surface area contributed by atoms with Crippen molar-refractivity contribution >= 4 is 23.9 Å². The first kappa shape index (κ1) is 16.9. The summed E-state index contributed by atoms with van der Waals surface area (Å²) in [4.78, 5) is 43.6. The van der Waals surface area contributed by atoms with E-state index < -0.39 is 35.7 Å². The van der Waals surface area contributed by atoms with Gasteiger partial charge in [-0.1, -0.05) is 19.3 Å². The van der Waals surface area contributed by atoms with Gasteiger partial charge in [0.2, 0.25) is 0 Å². The lowest BCUT2D eigenvalue weighted by atomic mass is 9.81. The van der Waals surface area contributed by atoms with E-state index in [-0.39, 0.29) is 24.7 Å². The van der Waals surface area contributed by atoms with Crippen LogP contribution in [0.5, 0.6) is 0 Å².